The molecule has 0 aliphatic carbocycles. The first-order valence-electron chi connectivity index (χ1n) is 5.99. The summed E-state index contributed by atoms with van der Waals surface area (Å²) in [7, 11) is 0. The summed E-state index contributed by atoms with van der Waals surface area (Å²) < 4.78 is 14.1. The Balaban J connectivity index is 2.82. The topological polar surface area (TPSA) is 38.0 Å². The van der Waals surface area contributed by atoms with Crippen LogP contribution in [0.1, 0.15) is 44.7 Å². The Morgan fingerprint density at radius 2 is 2.18 bits per heavy atom. The lowest BCUT2D eigenvalue weighted by Crippen LogP contribution is -2.29. The molecule has 0 radical (unpaired) electrons. The van der Waals surface area contributed by atoms with Gasteiger partial charge in [0.2, 0.25) is 0 Å². The van der Waals surface area contributed by atoms with Gasteiger partial charge in [-0.15, -0.1) is 0 Å². The summed E-state index contributed by atoms with van der Waals surface area (Å²) in [4.78, 5) is 0. The highest BCUT2D eigenvalue weighted by Gasteiger charge is 2.16. The van der Waals surface area contributed by atoms with Crippen molar-refractivity contribution in [2.45, 2.75) is 39.2 Å². The van der Waals surface area contributed by atoms with Crippen molar-refractivity contribution in [2.24, 2.45) is 11.8 Å². The van der Waals surface area contributed by atoms with Crippen molar-refractivity contribution >= 4 is 15.9 Å². The van der Waals surface area contributed by atoms with Crippen LogP contribution >= 0.6 is 15.9 Å². The van der Waals surface area contributed by atoms with Gasteiger partial charge in [0, 0.05) is 10.5 Å². The molecule has 1 aromatic carbocycles. The average molecular weight is 303 g/mol. The predicted octanol–water partition coefficient (Wildman–Crippen LogP) is 3.92. The Morgan fingerprint density at radius 1 is 1.47 bits per heavy atom. The number of hydrogen-bond donors (Lipinski definition) is 2. The summed E-state index contributed by atoms with van der Waals surface area (Å²) in [6.07, 6.45) is 3.22. The molecule has 1 rings (SSSR count). The summed E-state index contributed by atoms with van der Waals surface area (Å²) in [5.74, 6) is 5.91. The van der Waals surface area contributed by atoms with Crippen molar-refractivity contribution in [3.05, 3.63) is 34.1 Å². The van der Waals surface area contributed by atoms with Gasteiger partial charge in [0.25, 0.3) is 0 Å². The lowest BCUT2D eigenvalue weighted by atomic mass is 9.93. The molecule has 4 heteroatoms. The molecule has 0 saturated heterocycles. The summed E-state index contributed by atoms with van der Waals surface area (Å²) in [5, 5.41) is 0. The maximum Gasteiger partial charge on any atom is 0.123 e. The van der Waals surface area contributed by atoms with Crippen molar-refractivity contribution in [3.63, 3.8) is 0 Å². The molecular formula is C13H20BrFN2. The maximum absolute atomic E-state index is 13.2. The fourth-order valence-corrected chi connectivity index (χ4v) is 2.60. The molecule has 0 saturated carbocycles. The van der Waals surface area contributed by atoms with Gasteiger partial charge in [-0.05, 0) is 36.1 Å². The van der Waals surface area contributed by atoms with Crippen LogP contribution in [0.15, 0.2) is 22.7 Å². The third-order valence-corrected chi connectivity index (χ3v) is 3.68. The molecular weight excluding hydrogens is 283 g/mol. The minimum absolute atomic E-state index is 0.0124. The van der Waals surface area contributed by atoms with E-state index in [0.29, 0.717) is 5.92 Å². The zero-order valence-corrected chi connectivity index (χ0v) is 11.9. The molecule has 2 nitrogen and oxygen atoms in total. The van der Waals surface area contributed by atoms with E-state index in [9.17, 15) is 4.39 Å². The zero-order valence-electron chi connectivity index (χ0n) is 10.3. The first kappa shape index (κ1) is 14.6. The number of rotatable bonds is 6. The number of nitrogens with two attached hydrogens (primary N) is 1. The smallest absolute Gasteiger partial charge is 0.123 e. The van der Waals surface area contributed by atoms with E-state index < -0.39 is 0 Å². The van der Waals surface area contributed by atoms with Crippen LogP contribution in [0.25, 0.3) is 0 Å². The molecule has 0 fully saturated rings. The van der Waals surface area contributed by atoms with Gasteiger partial charge in [-0.3, -0.25) is 11.3 Å². The fourth-order valence-electron chi connectivity index (χ4n) is 2.08. The van der Waals surface area contributed by atoms with E-state index in [2.05, 4.69) is 35.2 Å². The Kier molecular flexibility index (Phi) is 6.09. The van der Waals surface area contributed by atoms with E-state index >= 15 is 0 Å². The lowest BCUT2D eigenvalue weighted by Gasteiger charge is -2.21. The van der Waals surface area contributed by atoms with Gasteiger partial charge in [-0.25, -0.2) is 4.39 Å². The highest BCUT2D eigenvalue weighted by atomic mass is 79.9. The van der Waals surface area contributed by atoms with Gasteiger partial charge < -0.3 is 0 Å². The third kappa shape index (κ3) is 4.37. The van der Waals surface area contributed by atoms with Gasteiger partial charge in [0.1, 0.15) is 5.82 Å². The van der Waals surface area contributed by atoms with E-state index in [0.717, 1.165) is 29.3 Å². The number of hydrogen-bond acceptors (Lipinski definition) is 2. The number of nitrogens with one attached hydrogen (secondary N) is 1. The number of halogens is 2. The molecule has 0 aliphatic heterocycles. The van der Waals surface area contributed by atoms with Crippen molar-refractivity contribution in [3.8, 4) is 0 Å². The summed E-state index contributed by atoms with van der Waals surface area (Å²) in [6.45, 7) is 4.36. The van der Waals surface area contributed by atoms with E-state index in [1.54, 1.807) is 6.07 Å². The molecule has 0 heterocycles. The van der Waals surface area contributed by atoms with Gasteiger partial charge in [0.05, 0.1) is 0 Å². The zero-order chi connectivity index (χ0) is 12.8. The van der Waals surface area contributed by atoms with Crippen LogP contribution in [0.2, 0.25) is 0 Å². The first-order valence-corrected chi connectivity index (χ1v) is 6.78. The van der Waals surface area contributed by atoms with E-state index in [1.165, 1.54) is 12.1 Å². The molecule has 0 bridgehead atoms. The van der Waals surface area contributed by atoms with Gasteiger partial charge in [-0.2, -0.15) is 0 Å². The maximum atomic E-state index is 13.2. The molecule has 0 aromatic heterocycles. The molecule has 0 spiro atoms. The predicted molar refractivity (Wildman–Crippen MR) is 72.9 cm³/mol. The average Bonchev–Trinajstić information content (AvgIpc) is 2.30. The number of benzene rings is 1. The standard InChI is InChI=1S/C13H20BrFN2/c1-3-4-9(2)7-13(17-16)11-8-10(15)5-6-12(11)14/h5-6,8-9,13,17H,3-4,7,16H2,1-2H3. The van der Waals surface area contributed by atoms with Crippen LogP contribution in [0.4, 0.5) is 4.39 Å². The second kappa shape index (κ2) is 7.09. The third-order valence-electron chi connectivity index (χ3n) is 2.95. The van der Waals surface area contributed by atoms with Crippen molar-refractivity contribution in [1.82, 2.24) is 5.43 Å². The van der Waals surface area contributed by atoms with E-state index in [1.807, 2.05) is 0 Å². The molecule has 96 valence electrons. The summed E-state index contributed by atoms with van der Waals surface area (Å²) in [6, 6.07) is 4.69. The summed E-state index contributed by atoms with van der Waals surface area (Å²) in [5.41, 5.74) is 3.66. The van der Waals surface area contributed by atoms with Gasteiger partial charge in [0.15, 0.2) is 0 Å². The molecule has 2 unspecified atom stereocenters. The summed E-state index contributed by atoms with van der Waals surface area (Å²) >= 11 is 3.44. The lowest BCUT2D eigenvalue weighted by molar-refractivity contribution is 0.393. The molecule has 2 atom stereocenters. The van der Waals surface area contributed by atoms with Crippen LogP contribution in [-0.4, -0.2) is 0 Å². The van der Waals surface area contributed by atoms with Crippen LogP contribution in [0.5, 0.6) is 0 Å². The Bertz CT molecular complexity index is 357. The Morgan fingerprint density at radius 3 is 2.76 bits per heavy atom. The minimum Gasteiger partial charge on any atom is -0.271 e. The first-order chi connectivity index (χ1) is 8.08. The van der Waals surface area contributed by atoms with Crippen LogP contribution in [-0.2, 0) is 0 Å². The Hall–Kier alpha value is -0.450. The highest BCUT2D eigenvalue weighted by Crippen LogP contribution is 2.29. The SMILES string of the molecule is CCCC(C)CC(NN)c1cc(F)ccc1Br. The number of hydrazine groups is 1. The minimum atomic E-state index is -0.230. The molecule has 1 aromatic rings. The van der Waals surface area contributed by atoms with Crippen molar-refractivity contribution in [2.75, 3.05) is 0 Å². The normalized spacial score (nSPS) is 14.6. The highest BCUT2D eigenvalue weighted by molar-refractivity contribution is 9.10. The molecule has 0 aliphatic rings. The van der Waals surface area contributed by atoms with E-state index in [-0.39, 0.29) is 11.9 Å². The van der Waals surface area contributed by atoms with Gasteiger partial charge in [-0.1, -0.05) is 42.6 Å². The van der Waals surface area contributed by atoms with Crippen LogP contribution in [0, 0.1) is 11.7 Å². The van der Waals surface area contributed by atoms with Crippen molar-refractivity contribution in [1.29, 1.82) is 0 Å². The Labute approximate surface area is 111 Å². The quantitative estimate of drug-likeness (QED) is 0.617. The molecule has 3 N–H and O–H groups in total. The van der Waals surface area contributed by atoms with Crippen molar-refractivity contribution < 1.29 is 4.39 Å². The molecule has 17 heavy (non-hydrogen) atoms. The molecule has 0 amide bonds. The fraction of sp³-hybridized carbons (Fsp3) is 0.538. The monoisotopic (exact) mass is 302 g/mol. The van der Waals surface area contributed by atoms with E-state index in [4.69, 9.17) is 5.84 Å². The van der Waals surface area contributed by atoms with Crippen LogP contribution in [0.3, 0.4) is 0 Å². The van der Waals surface area contributed by atoms with Gasteiger partial charge >= 0.3 is 0 Å². The second-order valence-electron chi connectivity index (χ2n) is 4.51. The largest absolute Gasteiger partial charge is 0.271 e. The second-order valence-corrected chi connectivity index (χ2v) is 5.37. The van der Waals surface area contributed by atoms with Crippen LogP contribution < -0.4 is 11.3 Å².